The van der Waals surface area contributed by atoms with E-state index in [9.17, 15) is 4.79 Å². The van der Waals surface area contributed by atoms with Gasteiger partial charge in [0.25, 0.3) is 0 Å². The highest BCUT2D eigenvalue weighted by Gasteiger charge is 2.61. The van der Waals surface area contributed by atoms with E-state index in [1.165, 1.54) is 5.56 Å². The summed E-state index contributed by atoms with van der Waals surface area (Å²) in [6, 6.07) is 12.3. The van der Waals surface area contributed by atoms with Crippen molar-refractivity contribution in [2.24, 2.45) is 11.8 Å². The smallest absolute Gasteiger partial charge is 0.227 e. The zero-order valence-corrected chi connectivity index (χ0v) is 18.0. The summed E-state index contributed by atoms with van der Waals surface area (Å²) in [5, 5.41) is 0. The molecule has 0 bridgehead atoms. The van der Waals surface area contributed by atoms with E-state index in [1.807, 2.05) is 0 Å². The molecule has 0 aromatic heterocycles. The number of rotatable bonds is 7. The average molecular weight is 384 g/mol. The minimum Gasteiger partial charge on any atom is -0.407 e. The molecule has 0 radical (unpaired) electrons. The second-order valence-corrected chi connectivity index (χ2v) is 13.3. The van der Waals surface area contributed by atoms with Crippen LogP contribution in [0, 0.1) is 11.8 Å². The van der Waals surface area contributed by atoms with Gasteiger partial charge < -0.3 is 9.33 Å². The Labute approximate surface area is 164 Å². The summed E-state index contributed by atoms with van der Waals surface area (Å²) in [5.41, 5.74) is 2.02. The van der Waals surface area contributed by atoms with Gasteiger partial charge in [0.2, 0.25) is 5.91 Å². The van der Waals surface area contributed by atoms with Gasteiger partial charge in [0.15, 0.2) is 8.32 Å². The summed E-state index contributed by atoms with van der Waals surface area (Å²) >= 11 is 0. The Kier molecular flexibility index (Phi) is 4.84. The number of hydrogen-bond donors (Lipinski definition) is 0. The maximum Gasteiger partial charge on any atom is 0.227 e. The quantitative estimate of drug-likeness (QED) is 0.451. The molecule has 3 nitrogen and oxygen atoms in total. The molecule has 1 amide bonds. The molecular weight excluding hydrogens is 350 g/mol. The highest BCUT2D eigenvalue weighted by molar-refractivity contribution is 6.73. The molecule has 1 aromatic rings. The number of amides is 1. The van der Waals surface area contributed by atoms with E-state index in [2.05, 4.69) is 62.6 Å². The Balaban J connectivity index is 1.92. The zero-order valence-electron chi connectivity index (χ0n) is 17.0. The highest BCUT2D eigenvalue weighted by atomic mass is 28.4. The molecule has 4 atom stereocenters. The summed E-state index contributed by atoms with van der Waals surface area (Å²) in [6.45, 7) is 11.0. The Bertz CT molecular complexity index is 735. The summed E-state index contributed by atoms with van der Waals surface area (Å²) in [5.74, 6) is 1.18. The second kappa shape index (κ2) is 6.89. The molecule has 1 saturated heterocycles. The van der Waals surface area contributed by atoms with Crippen LogP contribution in [-0.4, -0.2) is 20.3 Å². The Hall–Kier alpha value is -1.39. The predicted molar refractivity (Wildman–Crippen MR) is 113 cm³/mol. The number of para-hydroxylation sites is 1. The molecule has 1 aromatic carbocycles. The topological polar surface area (TPSA) is 29.5 Å². The van der Waals surface area contributed by atoms with Crippen LogP contribution < -0.4 is 4.90 Å². The van der Waals surface area contributed by atoms with Gasteiger partial charge in [-0.2, -0.15) is 0 Å². The molecule has 1 aliphatic carbocycles. The van der Waals surface area contributed by atoms with E-state index < -0.39 is 8.32 Å². The van der Waals surface area contributed by atoms with Gasteiger partial charge in [0, 0.05) is 23.9 Å². The summed E-state index contributed by atoms with van der Waals surface area (Å²) < 4.78 is 7.38. The van der Waals surface area contributed by atoms with Crippen molar-refractivity contribution < 1.29 is 9.22 Å². The molecule has 0 unspecified atom stereocenters. The average Bonchev–Trinajstić information content (AvgIpc) is 3.24. The van der Waals surface area contributed by atoms with Crippen molar-refractivity contribution in [1.29, 1.82) is 0 Å². The van der Waals surface area contributed by atoms with Gasteiger partial charge in [-0.25, -0.2) is 0 Å². The van der Waals surface area contributed by atoms with Crippen LogP contribution in [0.4, 0.5) is 5.69 Å². The van der Waals surface area contributed by atoms with Gasteiger partial charge in [-0.05, 0) is 49.4 Å². The van der Waals surface area contributed by atoms with Crippen LogP contribution in [0.2, 0.25) is 18.1 Å². The molecule has 2 heterocycles. The van der Waals surface area contributed by atoms with Gasteiger partial charge >= 0.3 is 0 Å². The van der Waals surface area contributed by atoms with E-state index in [4.69, 9.17) is 4.43 Å². The minimum absolute atomic E-state index is 0.305. The summed E-state index contributed by atoms with van der Waals surface area (Å²) in [4.78, 5) is 15.0. The maximum absolute atomic E-state index is 12.9. The van der Waals surface area contributed by atoms with Gasteiger partial charge in [-0.1, -0.05) is 45.0 Å². The zero-order chi connectivity index (χ0) is 19.2. The molecule has 146 valence electrons. The Morgan fingerprint density at radius 3 is 2.59 bits per heavy atom. The highest BCUT2D eigenvalue weighted by Crippen LogP contribution is 2.60. The van der Waals surface area contributed by atoms with E-state index in [-0.39, 0.29) is 5.60 Å². The first-order valence-electron chi connectivity index (χ1n) is 10.8. The first kappa shape index (κ1) is 18.9. The Morgan fingerprint density at radius 2 is 1.93 bits per heavy atom. The fourth-order valence-electron chi connectivity index (χ4n) is 6.21. The number of benzene rings is 1. The van der Waals surface area contributed by atoms with Gasteiger partial charge in [0.05, 0.1) is 11.3 Å². The van der Waals surface area contributed by atoms with E-state index in [0.717, 1.165) is 43.1 Å². The Morgan fingerprint density at radius 1 is 1.22 bits per heavy atom. The monoisotopic (exact) mass is 383 g/mol. The van der Waals surface area contributed by atoms with Gasteiger partial charge in [-0.3, -0.25) is 4.79 Å². The molecule has 0 N–H and O–H groups in total. The number of carbonyl (C=O) groups is 1. The normalized spacial score (nSPS) is 31.7. The summed E-state index contributed by atoms with van der Waals surface area (Å²) in [6.07, 6.45) is 5.90. The van der Waals surface area contributed by atoms with E-state index in [0.29, 0.717) is 30.2 Å². The molecule has 2 aliphatic heterocycles. The van der Waals surface area contributed by atoms with Gasteiger partial charge in [0.1, 0.15) is 0 Å². The molecule has 27 heavy (non-hydrogen) atoms. The van der Waals surface area contributed by atoms with E-state index in [1.54, 1.807) is 0 Å². The lowest BCUT2D eigenvalue weighted by Gasteiger charge is -2.53. The van der Waals surface area contributed by atoms with Crippen molar-refractivity contribution in [1.82, 2.24) is 0 Å². The van der Waals surface area contributed by atoms with Crippen molar-refractivity contribution in [3.05, 3.63) is 42.5 Å². The van der Waals surface area contributed by atoms with Crippen LogP contribution in [-0.2, 0) is 14.8 Å². The molecule has 2 fully saturated rings. The molecule has 4 rings (SSSR count). The largest absolute Gasteiger partial charge is 0.407 e. The van der Waals surface area contributed by atoms with Gasteiger partial charge in [-0.15, -0.1) is 6.58 Å². The molecular formula is C23H33NO2Si. The van der Waals surface area contributed by atoms with Crippen LogP contribution in [0.25, 0.3) is 0 Å². The van der Waals surface area contributed by atoms with Crippen LogP contribution in [0.5, 0.6) is 0 Å². The molecule has 1 saturated carbocycles. The molecule has 0 spiro atoms. The predicted octanol–water partition coefficient (Wildman–Crippen LogP) is 5.62. The molecule has 4 heteroatoms. The van der Waals surface area contributed by atoms with Crippen LogP contribution in [0.1, 0.15) is 52.0 Å². The number of hydrogen-bond acceptors (Lipinski definition) is 2. The van der Waals surface area contributed by atoms with Crippen molar-refractivity contribution >= 4 is 19.9 Å². The number of nitrogens with zero attached hydrogens (tertiary/aromatic N) is 1. The van der Waals surface area contributed by atoms with Crippen LogP contribution in [0.3, 0.4) is 0 Å². The third kappa shape index (κ3) is 2.60. The third-order valence-electron chi connectivity index (χ3n) is 7.75. The lowest BCUT2D eigenvalue weighted by Crippen LogP contribution is -2.57. The van der Waals surface area contributed by atoms with Crippen molar-refractivity contribution in [2.45, 2.75) is 76.2 Å². The van der Waals surface area contributed by atoms with Crippen molar-refractivity contribution in [3.63, 3.8) is 0 Å². The minimum atomic E-state index is -1.83. The summed E-state index contributed by atoms with van der Waals surface area (Å²) in [7, 11) is -1.83. The SMILES string of the molecule is C=CC[C@@]1(O[Si](CC)(CC)CC)c2ccccc2N2C(=O)C[C@@H]3CC[C@H]1[C@@H]32. The molecule has 3 aliphatic rings. The fourth-order valence-corrected chi connectivity index (χ4v) is 9.26. The fraction of sp³-hybridized carbons (Fsp3) is 0.609. The first-order valence-corrected chi connectivity index (χ1v) is 13.3. The van der Waals surface area contributed by atoms with Crippen molar-refractivity contribution in [2.75, 3.05) is 4.90 Å². The van der Waals surface area contributed by atoms with E-state index >= 15 is 0 Å². The lowest BCUT2D eigenvalue weighted by atomic mass is 9.72. The van der Waals surface area contributed by atoms with Crippen LogP contribution in [0.15, 0.2) is 36.9 Å². The second-order valence-electron chi connectivity index (χ2n) is 8.65. The van der Waals surface area contributed by atoms with Crippen LogP contribution >= 0.6 is 0 Å². The lowest BCUT2D eigenvalue weighted by molar-refractivity contribution is -0.118. The first-order chi connectivity index (χ1) is 13.1. The number of anilines is 1. The third-order valence-corrected chi connectivity index (χ3v) is 12.4. The number of fused-ring (bicyclic) bond motifs is 2. The number of carbonyl (C=O) groups excluding carboxylic acids is 1. The standard InChI is InChI=1S/C23H33NO2Si/c1-5-15-23(26-27(6-2,7-3)8-4)18-11-9-10-12-20(18)24-21(25)16-17-13-14-19(23)22(17)24/h5,9-12,17,19,22H,1,6-8,13-16H2,2-4H3/t17-,19-,22+,23+/m0/s1. The van der Waals surface area contributed by atoms with Crippen molar-refractivity contribution in [3.8, 4) is 0 Å². The maximum atomic E-state index is 12.9.